The standard InChI is InChI=1S/C15H15NO2/c1-11(12-7-3-2-4-8-12)18-15(17)13-9-5-6-10-14(13)16/h2-11H,16H2,1H3. The van der Waals surface area contributed by atoms with Crippen LogP contribution in [0.3, 0.4) is 0 Å². The summed E-state index contributed by atoms with van der Waals surface area (Å²) in [6, 6.07) is 16.5. The molecule has 3 heteroatoms. The van der Waals surface area contributed by atoms with Gasteiger partial charge in [0.05, 0.1) is 5.56 Å². The molecule has 0 spiro atoms. The second kappa shape index (κ2) is 5.36. The van der Waals surface area contributed by atoms with E-state index in [0.29, 0.717) is 11.3 Å². The Morgan fingerprint density at radius 1 is 1.06 bits per heavy atom. The first-order valence-electron chi connectivity index (χ1n) is 5.79. The number of carbonyl (C=O) groups is 1. The van der Waals surface area contributed by atoms with Crippen LogP contribution in [0.5, 0.6) is 0 Å². The van der Waals surface area contributed by atoms with Gasteiger partial charge >= 0.3 is 5.97 Å². The molecule has 2 rings (SSSR count). The van der Waals surface area contributed by atoms with Crippen LogP contribution >= 0.6 is 0 Å². The Balaban J connectivity index is 2.11. The number of hydrogen-bond acceptors (Lipinski definition) is 3. The summed E-state index contributed by atoms with van der Waals surface area (Å²) < 4.78 is 5.38. The molecule has 0 fully saturated rings. The topological polar surface area (TPSA) is 52.3 Å². The first-order chi connectivity index (χ1) is 8.68. The molecule has 0 bridgehead atoms. The molecule has 0 aromatic heterocycles. The van der Waals surface area contributed by atoms with Crippen molar-refractivity contribution < 1.29 is 9.53 Å². The summed E-state index contributed by atoms with van der Waals surface area (Å²) in [6.45, 7) is 1.84. The second-order valence-electron chi connectivity index (χ2n) is 4.05. The molecule has 18 heavy (non-hydrogen) atoms. The third-order valence-corrected chi connectivity index (χ3v) is 2.73. The zero-order valence-corrected chi connectivity index (χ0v) is 10.2. The molecular formula is C15H15NO2. The van der Waals surface area contributed by atoms with Gasteiger partial charge in [-0.25, -0.2) is 4.79 Å². The smallest absolute Gasteiger partial charge is 0.340 e. The Kier molecular flexibility index (Phi) is 3.63. The number of nitrogens with two attached hydrogens (primary N) is 1. The molecule has 2 aromatic rings. The molecule has 2 aromatic carbocycles. The number of esters is 1. The van der Waals surface area contributed by atoms with Crippen LogP contribution in [0.25, 0.3) is 0 Å². The van der Waals surface area contributed by atoms with Gasteiger partial charge in [-0.05, 0) is 24.6 Å². The van der Waals surface area contributed by atoms with Crippen molar-refractivity contribution in [3.63, 3.8) is 0 Å². The largest absolute Gasteiger partial charge is 0.454 e. The maximum Gasteiger partial charge on any atom is 0.340 e. The summed E-state index contributed by atoms with van der Waals surface area (Å²) in [5, 5.41) is 0. The summed E-state index contributed by atoms with van der Waals surface area (Å²) >= 11 is 0. The van der Waals surface area contributed by atoms with Gasteiger partial charge in [-0.2, -0.15) is 0 Å². The minimum atomic E-state index is -0.399. The van der Waals surface area contributed by atoms with Crippen molar-refractivity contribution in [2.75, 3.05) is 5.73 Å². The quantitative estimate of drug-likeness (QED) is 0.663. The van der Waals surface area contributed by atoms with Crippen molar-refractivity contribution in [2.24, 2.45) is 0 Å². The number of carbonyl (C=O) groups excluding carboxylic acids is 1. The van der Waals surface area contributed by atoms with Crippen LogP contribution in [0.4, 0.5) is 5.69 Å². The van der Waals surface area contributed by atoms with Crippen LogP contribution in [0.1, 0.15) is 28.9 Å². The van der Waals surface area contributed by atoms with E-state index >= 15 is 0 Å². The van der Waals surface area contributed by atoms with E-state index in [4.69, 9.17) is 10.5 Å². The van der Waals surface area contributed by atoms with Gasteiger partial charge in [0.2, 0.25) is 0 Å². The lowest BCUT2D eigenvalue weighted by Gasteiger charge is -2.14. The summed E-state index contributed by atoms with van der Waals surface area (Å²) in [7, 11) is 0. The van der Waals surface area contributed by atoms with Crippen LogP contribution < -0.4 is 5.73 Å². The average molecular weight is 241 g/mol. The maximum absolute atomic E-state index is 11.9. The summed E-state index contributed by atoms with van der Waals surface area (Å²) in [6.07, 6.45) is -0.293. The fourth-order valence-corrected chi connectivity index (χ4v) is 1.70. The van der Waals surface area contributed by atoms with Gasteiger partial charge in [-0.1, -0.05) is 42.5 Å². The van der Waals surface area contributed by atoms with Gasteiger partial charge in [0, 0.05) is 5.69 Å². The molecule has 0 heterocycles. The summed E-state index contributed by atoms with van der Waals surface area (Å²) in [5.74, 6) is -0.399. The molecule has 0 aliphatic heterocycles. The number of hydrogen-bond donors (Lipinski definition) is 1. The van der Waals surface area contributed by atoms with Crippen LogP contribution in [0, 0.1) is 0 Å². The highest BCUT2D eigenvalue weighted by atomic mass is 16.5. The molecule has 1 atom stereocenters. The third kappa shape index (κ3) is 2.69. The molecule has 0 amide bonds. The number of para-hydroxylation sites is 1. The number of ether oxygens (including phenoxy) is 1. The van der Waals surface area contributed by atoms with Crippen LogP contribution in [-0.2, 0) is 4.74 Å². The predicted molar refractivity (Wildman–Crippen MR) is 71.1 cm³/mol. The predicted octanol–water partition coefficient (Wildman–Crippen LogP) is 3.19. The Hall–Kier alpha value is -2.29. The molecule has 0 saturated heterocycles. The SMILES string of the molecule is CC(OC(=O)c1ccccc1N)c1ccccc1. The van der Waals surface area contributed by atoms with E-state index in [-0.39, 0.29) is 6.10 Å². The fraction of sp³-hybridized carbons (Fsp3) is 0.133. The lowest BCUT2D eigenvalue weighted by atomic mass is 10.1. The lowest BCUT2D eigenvalue weighted by Crippen LogP contribution is -2.11. The lowest BCUT2D eigenvalue weighted by molar-refractivity contribution is 0.0339. The first-order valence-corrected chi connectivity index (χ1v) is 5.79. The van der Waals surface area contributed by atoms with Crippen molar-refractivity contribution in [3.8, 4) is 0 Å². The molecule has 0 radical (unpaired) electrons. The second-order valence-corrected chi connectivity index (χ2v) is 4.05. The fourth-order valence-electron chi connectivity index (χ4n) is 1.70. The van der Waals surface area contributed by atoms with Crippen LogP contribution in [0.15, 0.2) is 54.6 Å². The Labute approximate surface area is 106 Å². The molecule has 1 unspecified atom stereocenters. The van der Waals surface area contributed by atoms with E-state index in [9.17, 15) is 4.79 Å². The number of nitrogen functional groups attached to an aromatic ring is 1. The first kappa shape index (κ1) is 12.2. The average Bonchev–Trinajstić information content (AvgIpc) is 2.40. The Morgan fingerprint density at radius 3 is 2.33 bits per heavy atom. The number of anilines is 1. The number of benzene rings is 2. The third-order valence-electron chi connectivity index (χ3n) is 2.73. The van der Waals surface area contributed by atoms with E-state index < -0.39 is 5.97 Å². The Morgan fingerprint density at radius 2 is 1.67 bits per heavy atom. The van der Waals surface area contributed by atoms with E-state index in [1.807, 2.05) is 37.3 Å². The maximum atomic E-state index is 11.9. The molecule has 92 valence electrons. The minimum Gasteiger partial charge on any atom is -0.454 e. The van der Waals surface area contributed by atoms with Gasteiger partial charge in [0.25, 0.3) is 0 Å². The minimum absolute atomic E-state index is 0.293. The van der Waals surface area contributed by atoms with Crippen molar-refractivity contribution in [2.45, 2.75) is 13.0 Å². The normalized spacial score (nSPS) is 11.8. The van der Waals surface area contributed by atoms with Crippen LogP contribution in [0.2, 0.25) is 0 Å². The van der Waals surface area contributed by atoms with Crippen LogP contribution in [-0.4, -0.2) is 5.97 Å². The van der Waals surface area contributed by atoms with Gasteiger partial charge in [0.1, 0.15) is 6.10 Å². The van der Waals surface area contributed by atoms with E-state index in [2.05, 4.69) is 0 Å². The van der Waals surface area contributed by atoms with Crippen molar-refractivity contribution in [1.29, 1.82) is 0 Å². The molecule has 2 N–H and O–H groups in total. The zero-order chi connectivity index (χ0) is 13.0. The molecular weight excluding hydrogens is 226 g/mol. The van der Waals surface area contributed by atoms with Gasteiger partial charge < -0.3 is 10.5 Å². The van der Waals surface area contributed by atoms with Gasteiger partial charge in [-0.3, -0.25) is 0 Å². The molecule has 3 nitrogen and oxygen atoms in total. The van der Waals surface area contributed by atoms with E-state index in [1.165, 1.54) is 0 Å². The highest BCUT2D eigenvalue weighted by Crippen LogP contribution is 2.20. The molecule has 0 saturated carbocycles. The van der Waals surface area contributed by atoms with Crippen molar-refractivity contribution in [1.82, 2.24) is 0 Å². The van der Waals surface area contributed by atoms with E-state index in [0.717, 1.165) is 5.56 Å². The van der Waals surface area contributed by atoms with Gasteiger partial charge in [0.15, 0.2) is 0 Å². The van der Waals surface area contributed by atoms with Crippen molar-refractivity contribution >= 4 is 11.7 Å². The molecule has 0 aliphatic carbocycles. The van der Waals surface area contributed by atoms with Crippen molar-refractivity contribution in [3.05, 3.63) is 65.7 Å². The summed E-state index contributed by atoms with van der Waals surface area (Å²) in [5.41, 5.74) is 7.53. The highest BCUT2D eigenvalue weighted by molar-refractivity contribution is 5.95. The van der Waals surface area contributed by atoms with E-state index in [1.54, 1.807) is 24.3 Å². The van der Waals surface area contributed by atoms with Gasteiger partial charge in [-0.15, -0.1) is 0 Å². The monoisotopic (exact) mass is 241 g/mol. The summed E-state index contributed by atoms with van der Waals surface area (Å²) in [4.78, 5) is 11.9. The number of rotatable bonds is 3. The molecule has 0 aliphatic rings. The Bertz CT molecular complexity index is 537. The highest BCUT2D eigenvalue weighted by Gasteiger charge is 2.15. The zero-order valence-electron chi connectivity index (χ0n) is 10.2.